The Balaban J connectivity index is 1.93. The molecule has 1 saturated heterocycles. The molecular weight excluding hydrogens is 248 g/mol. The van der Waals surface area contributed by atoms with E-state index < -0.39 is 9.84 Å². The van der Waals surface area contributed by atoms with Gasteiger partial charge in [-0.3, -0.25) is 0 Å². The molecule has 1 aliphatic carbocycles. The summed E-state index contributed by atoms with van der Waals surface area (Å²) in [6.45, 7) is 3.27. The summed E-state index contributed by atoms with van der Waals surface area (Å²) >= 11 is 0. The second kappa shape index (κ2) is 5.88. The Labute approximate surface area is 111 Å². The van der Waals surface area contributed by atoms with Gasteiger partial charge in [0.05, 0.1) is 5.25 Å². The van der Waals surface area contributed by atoms with Crippen LogP contribution >= 0.6 is 0 Å². The maximum Gasteiger partial charge on any atom is 0.151 e. The molecule has 2 atom stereocenters. The van der Waals surface area contributed by atoms with E-state index in [1.165, 1.54) is 19.1 Å². The number of sulfone groups is 1. The molecule has 2 unspecified atom stereocenters. The number of hydrogen-bond donors (Lipinski definition) is 1. The molecule has 1 saturated carbocycles. The van der Waals surface area contributed by atoms with Crippen molar-refractivity contribution in [2.45, 2.75) is 43.4 Å². The average Bonchev–Trinajstić information content (AvgIpc) is 2.79. The monoisotopic (exact) mass is 274 g/mol. The van der Waals surface area contributed by atoms with Crippen LogP contribution in [0, 0.1) is 5.92 Å². The van der Waals surface area contributed by atoms with Crippen LogP contribution in [-0.2, 0) is 9.84 Å². The minimum absolute atomic E-state index is 0.135. The van der Waals surface area contributed by atoms with Crippen LogP contribution in [0.2, 0.25) is 0 Å². The topological polar surface area (TPSA) is 49.4 Å². The zero-order valence-corrected chi connectivity index (χ0v) is 12.4. The summed E-state index contributed by atoms with van der Waals surface area (Å²) in [5.74, 6) is 0.733. The lowest BCUT2D eigenvalue weighted by Crippen LogP contribution is -2.44. The van der Waals surface area contributed by atoms with Gasteiger partial charge in [0.1, 0.15) is 0 Å². The van der Waals surface area contributed by atoms with Gasteiger partial charge in [-0.05, 0) is 51.7 Å². The summed E-state index contributed by atoms with van der Waals surface area (Å²) in [5, 5.41) is 3.24. The molecule has 1 aliphatic heterocycles. The zero-order chi connectivity index (χ0) is 13.2. The summed E-state index contributed by atoms with van der Waals surface area (Å²) < 4.78 is 23.6. The predicted octanol–water partition coefficient (Wildman–Crippen LogP) is 0.884. The van der Waals surface area contributed by atoms with Crippen LogP contribution in [0.1, 0.15) is 32.1 Å². The average molecular weight is 274 g/mol. The van der Waals surface area contributed by atoms with Gasteiger partial charge in [0.15, 0.2) is 9.84 Å². The minimum atomic E-state index is -2.89. The van der Waals surface area contributed by atoms with Crippen molar-refractivity contribution in [2.24, 2.45) is 5.92 Å². The molecule has 106 valence electrons. The van der Waals surface area contributed by atoms with E-state index in [1.807, 2.05) is 0 Å². The summed E-state index contributed by atoms with van der Waals surface area (Å²) in [5.41, 5.74) is 0. The first-order valence-corrected chi connectivity index (χ1v) is 9.04. The summed E-state index contributed by atoms with van der Waals surface area (Å²) in [7, 11) is -0.784. The molecule has 4 nitrogen and oxygen atoms in total. The van der Waals surface area contributed by atoms with Gasteiger partial charge in [-0.25, -0.2) is 8.42 Å². The van der Waals surface area contributed by atoms with Gasteiger partial charge < -0.3 is 10.2 Å². The predicted molar refractivity (Wildman–Crippen MR) is 74.5 cm³/mol. The fraction of sp³-hybridized carbons (Fsp3) is 1.00. The molecule has 0 amide bonds. The first-order chi connectivity index (χ1) is 8.48. The first-order valence-electron chi connectivity index (χ1n) is 7.08. The molecule has 2 fully saturated rings. The molecule has 5 heteroatoms. The fourth-order valence-corrected chi connectivity index (χ4v) is 5.03. The van der Waals surface area contributed by atoms with Crippen LogP contribution in [-0.4, -0.2) is 57.5 Å². The van der Waals surface area contributed by atoms with Gasteiger partial charge >= 0.3 is 0 Å². The number of nitrogens with one attached hydrogen (secondary N) is 1. The standard InChI is InChI=1S/C13H26N2O2S/c1-15(10-11-6-8-14-9-7-11)12-4-3-5-13(12)18(2,16)17/h11-14H,3-10H2,1-2H3. The van der Waals surface area contributed by atoms with Crippen LogP contribution in [0.3, 0.4) is 0 Å². The van der Waals surface area contributed by atoms with Crippen molar-refractivity contribution in [3.8, 4) is 0 Å². The Kier molecular flexibility index (Phi) is 4.67. The normalized spacial score (nSPS) is 31.1. The van der Waals surface area contributed by atoms with E-state index in [4.69, 9.17) is 0 Å². The molecule has 1 N–H and O–H groups in total. The third-order valence-corrected chi connectivity index (χ3v) is 6.19. The van der Waals surface area contributed by atoms with Gasteiger partial charge in [-0.2, -0.15) is 0 Å². The molecule has 0 radical (unpaired) electrons. The summed E-state index contributed by atoms with van der Waals surface area (Å²) in [4.78, 5) is 2.31. The zero-order valence-electron chi connectivity index (χ0n) is 11.6. The Morgan fingerprint density at radius 1 is 1.17 bits per heavy atom. The highest BCUT2D eigenvalue weighted by Crippen LogP contribution is 2.29. The van der Waals surface area contributed by atoms with E-state index in [-0.39, 0.29) is 11.3 Å². The van der Waals surface area contributed by atoms with Crippen molar-refractivity contribution in [2.75, 3.05) is 32.9 Å². The molecule has 1 heterocycles. The van der Waals surface area contributed by atoms with Gasteiger partial charge in [0, 0.05) is 18.8 Å². The van der Waals surface area contributed by atoms with Crippen molar-refractivity contribution >= 4 is 9.84 Å². The lowest BCUT2D eigenvalue weighted by molar-refractivity contribution is 0.189. The van der Waals surface area contributed by atoms with Crippen molar-refractivity contribution < 1.29 is 8.42 Å². The summed E-state index contributed by atoms with van der Waals surface area (Å²) in [6.07, 6.45) is 6.79. The van der Waals surface area contributed by atoms with E-state index in [0.717, 1.165) is 44.8 Å². The Bertz CT molecular complexity index is 363. The van der Waals surface area contributed by atoms with Crippen molar-refractivity contribution in [3.63, 3.8) is 0 Å². The van der Waals surface area contributed by atoms with Crippen LogP contribution in [0.5, 0.6) is 0 Å². The van der Waals surface area contributed by atoms with E-state index in [1.54, 1.807) is 0 Å². The minimum Gasteiger partial charge on any atom is -0.317 e. The summed E-state index contributed by atoms with van der Waals surface area (Å²) in [6, 6.07) is 0.245. The SMILES string of the molecule is CN(CC1CCNCC1)C1CCCC1S(C)(=O)=O. The van der Waals surface area contributed by atoms with Crippen LogP contribution in [0.25, 0.3) is 0 Å². The number of rotatable bonds is 4. The van der Waals surface area contributed by atoms with Gasteiger partial charge in [0.25, 0.3) is 0 Å². The second-order valence-electron chi connectivity index (χ2n) is 6.00. The maximum atomic E-state index is 11.8. The van der Waals surface area contributed by atoms with Gasteiger partial charge in [-0.1, -0.05) is 6.42 Å². The second-order valence-corrected chi connectivity index (χ2v) is 8.26. The highest BCUT2D eigenvalue weighted by Gasteiger charge is 2.37. The quantitative estimate of drug-likeness (QED) is 0.827. The molecule has 2 rings (SSSR count). The van der Waals surface area contributed by atoms with Crippen molar-refractivity contribution in [1.29, 1.82) is 0 Å². The Morgan fingerprint density at radius 2 is 1.83 bits per heavy atom. The van der Waals surface area contributed by atoms with Crippen molar-refractivity contribution in [3.05, 3.63) is 0 Å². The van der Waals surface area contributed by atoms with E-state index in [9.17, 15) is 8.42 Å². The van der Waals surface area contributed by atoms with E-state index in [2.05, 4.69) is 17.3 Å². The van der Waals surface area contributed by atoms with E-state index >= 15 is 0 Å². The third-order valence-electron chi connectivity index (χ3n) is 4.54. The highest BCUT2D eigenvalue weighted by molar-refractivity contribution is 7.91. The maximum absolute atomic E-state index is 11.8. The lowest BCUT2D eigenvalue weighted by atomic mass is 9.97. The Morgan fingerprint density at radius 3 is 2.44 bits per heavy atom. The molecule has 0 spiro atoms. The van der Waals surface area contributed by atoms with Gasteiger partial charge in [-0.15, -0.1) is 0 Å². The highest BCUT2D eigenvalue weighted by atomic mass is 32.2. The van der Waals surface area contributed by atoms with Crippen LogP contribution in [0.15, 0.2) is 0 Å². The lowest BCUT2D eigenvalue weighted by Gasteiger charge is -2.33. The molecule has 0 bridgehead atoms. The number of hydrogen-bond acceptors (Lipinski definition) is 4. The van der Waals surface area contributed by atoms with Gasteiger partial charge in [0.2, 0.25) is 0 Å². The Hall–Kier alpha value is -0.130. The first kappa shape index (κ1) is 14.3. The number of nitrogens with zero attached hydrogens (tertiary/aromatic N) is 1. The molecule has 2 aliphatic rings. The molecule has 18 heavy (non-hydrogen) atoms. The number of piperidine rings is 1. The molecule has 0 aromatic carbocycles. The van der Waals surface area contributed by atoms with Crippen LogP contribution in [0.4, 0.5) is 0 Å². The van der Waals surface area contributed by atoms with Crippen LogP contribution < -0.4 is 5.32 Å². The molecule has 0 aromatic rings. The molecular formula is C13H26N2O2S. The third kappa shape index (κ3) is 3.45. The largest absolute Gasteiger partial charge is 0.317 e. The smallest absolute Gasteiger partial charge is 0.151 e. The fourth-order valence-electron chi connectivity index (χ4n) is 3.52. The van der Waals surface area contributed by atoms with Crippen molar-refractivity contribution in [1.82, 2.24) is 10.2 Å². The molecule has 0 aromatic heterocycles. The van der Waals surface area contributed by atoms with E-state index in [0.29, 0.717) is 0 Å².